The fourth-order valence-corrected chi connectivity index (χ4v) is 2.13. The summed E-state index contributed by atoms with van der Waals surface area (Å²) >= 11 is 0. The lowest BCUT2D eigenvalue weighted by Gasteiger charge is -2.30. The molecule has 2 rings (SSSR count). The Kier molecular flexibility index (Phi) is 4.75. The van der Waals surface area contributed by atoms with Gasteiger partial charge in [-0.2, -0.15) is 0 Å². The van der Waals surface area contributed by atoms with Gasteiger partial charge in [-0.05, 0) is 31.7 Å². The van der Waals surface area contributed by atoms with Crippen molar-refractivity contribution < 1.29 is 0 Å². The minimum Gasteiger partial charge on any atom is -0.370 e. The Morgan fingerprint density at radius 3 is 2.94 bits per heavy atom. The lowest BCUT2D eigenvalue weighted by molar-refractivity contribution is 0.321. The Labute approximate surface area is 109 Å². The maximum absolute atomic E-state index is 5.47. The highest BCUT2D eigenvalue weighted by molar-refractivity contribution is 5.47. The highest BCUT2D eigenvalue weighted by Crippen LogP contribution is 2.28. The van der Waals surface area contributed by atoms with E-state index in [1.165, 1.54) is 19.3 Å². The fourth-order valence-electron chi connectivity index (χ4n) is 2.13. The number of rotatable bonds is 7. The number of nitrogens with one attached hydrogen (secondary N) is 1. The summed E-state index contributed by atoms with van der Waals surface area (Å²) in [6.07, 6.45) is 6.68. The van der Waals surface area contributed by atoms with Crippen LogP contribution >= 0.6 is 0 Å². The zero-order valence-corrected chi connectivity index (χ0v) is 11.1. The summed E-state index contributed by atoms with van der Waals surface area (Å²) in [5, 5.41) is 3.26. The highest BCUT2D eigenvalue weighted by Gasteiger charge is 2.19. The molecule has 5 nitrogen and oxygen atoms in total. The number of anilines is 2. The van der Waals surface area contributed by atoms with Crippen LogP contribution in [0.5, 0.6) is 0 Å². The van der Waals surface area contributed by atoms with Gasteiger partial charge in [0.1, 0.15) is 18.0 Å². The number of nitrogens with two attached hydrogens (primary N) is 1. The molecule has 0 radical (unpaired) electrons. The second-order valence-electron chi connectivity index (χ2n) is 5.01. The molecule has 0 bridgehead atoms. The van der Waals surface area contributed by atoms with Crippen molar-refractivity contribution >= 4 is 11.6 Å². The zero-order valence-electron chi connectivity index (χ0n) is 11.1. The Morgan fingerprint density at radius 1 is 1.44 bits per heavy atom. The van der Waals surface area contributed by atoms with E-state index in [9.17, 15) is 0 Å². The average molecular weight is 249 g/mol. The van der Waals surface area contributed by atoms with Crippen LogP contribution < -0.4 is 16.0 Å². The van der Waals surface area contributed by atoms with E-state index in [0.717, 1.165) is 37.1 Å². The Morgan fingerprint density at radius 2 is 2.28 bits per heavy atom. The highest BCUT2D eigenvalue weighted by atomic mass is 15.2. The van der Waals surface area contributed by atoms with Gasteiger partial charge < -0.3 is 16.0 Å². The smallest absolute Gasteiger partial charge is 0.133 e. The first kappa shape index (κ1) is 13.1. The standard InChI is InChI=1S/C13H23N5/c1-18(9-11-4-2-5-11)13-8-12(16-10-17-13)15-7-3-6-14/h8,10-11H,2-7,9,14H2,1H3,(H,15,16,17). The predicted molar refractivity (Wildman–Crippen MR) is 74.8 cm³/mol. The maximum Gasteiger partial charge on any atom is 0.133 e. The Balaban J connectivity index is 1.88. The molecule has 3 N–H and O–H groups in total. The minimum absolute atomic E-state index is 0.701. The normalized spacial score (nSPS) is 15.2. The first-order valence-electron chi connectivity index (χ1n) is 6.76. The second-order valence-corrected chi connectivity index (χ2v) is 5.01. The van der Waals surface area contributed by atoms with E-state index in [1.54, 1.807) is 6.33 Å². The van der Waals surface area contributed by atoms with Gasteiger partial charge in [-0.1, -0.05) is 6.42 Å². The topological polar surface area (TPSA) is 67.1 Å². The zero-order chi connectivity index (χ0) is 12.8. The summed E-state index contributed by atoms with van der Waals surface area (Å²) in [4.78, 5) is 10.8. The molecule has 1 heterocycles. The van der Waals surface area contributed by atoms with E-state index in [1.807, 2.05) is 6.07 Å². The van der Waals surface area contributed by atoms with Gasteiger partial charge in [-0.15, -0.1) is 0 Å². The number of hydrogen-bond acceptors (Lipinski definition) is 5. The lowest BCUT2D eigenvalue weighted by atomic mass is 9.85. The van der Waals surface area contributed by atoms with Crippen molar-refractivity contribution in [1.82, 2.24) is 9.97 Å². The Bertz CT molecular complexity index is 364. The van der Waals surface area contributed by atoms with Crippen LogP contribution in [0, 0.1) is 5.92 Å². The fraction of sp³-hybridized carbons (Fsp3) is 0.692. The number of aromatic nitrogens is 2. The van der Waals surface area contributed by atoms with Gasteiger partial charge in [0.15, 0.2) is 0 Å². The molecule has 100 valence electrons. The van der Waals surface area contributed by atoms with Crippen LogP contribution in [0.4, 0.5) is 11.6 Å². The van der Waals surface area contributed by atoms with Gasteiger partial charge >= 0.3 is 0 Å². The Hall–Kier alpha value is -1.36. The number of hydrogen-bond donors (Lipinski definition) is 2. The summed E-state index contributed by atoms with van der Waals surface area (Å²) in [6.45, 7) is 2.66. The molecule has 0 atom stereocenters. The van der Waals surface area contributed by atoms with Crippen molar-refractivity contribution in [3.63, 3.8) is 0 Å². The molecule has 0 amide bonds. The SMILES string of the molecule is CN(CC1CCC1)c1cc(NCCCN)ncn1. The second kappa shape index (κ2) is 6.54. The molecule has 1 aromatic heterocycles. The van der Waals surface area contributed by atoms with E-state index in [0.29, 0.717) is 6.54 Å². The van der Waals surface area contributed by atoms with Gasteiger partial charge in [0.25, 0.3) is 0 Å². The van der Waals surface area contributed by atoms with Crippen molar-refractivity contribution in [3.8, 4) is 0 Å². The first-order chi connectivity index (χ1) is 8.79. The van der Waals surface area contributed by atoms with Crippen molar-refractivity contribution in [2.24, 2.45) is 11.7 Å². The summed E-state index contributed by atoms with van der Waals surface area (Å²) in [6, 6.07) is 2.01. The molecule has 1 fully saturated rings. The van der Waals surface area contributed by atoms with E-state index in [-0.39, 0.29) is 0 Å². The molecule has 0 unspecified atom stereocenters. The molecule has 0 aliphatic heterocycles. The van der Waals surface area contributed by atoms with Crippen LogP contribution in [0.15, 0.2) is 12.4 Å². The molecule has 1 aliphatic rings. The van der Waals surface area contributed by atoms with Crippen molar-refractivity contribution in [2.75, 3.05) is 36.9 Å². The molecular weight excluding hydrogens is 226 g/mol. The van der Waals surface area contributed by atoms with Crippen LogP contribution in [0.3, 0.4) is 0 Å². The largest absolute Gasteiger partial charge is 0.370 e. The van der Waals surface area contributed by atoms with Crippen LogP contribution in [-0.4, -0.2) is 36.6 Å². The molecule has 18 heavy (non-hydrogen) atoms. The van der Waals surface area contributed by atoms with Crippen molar-refractivity contribution in [3.05, 3.63) is 12.4 Å². The third-order valence-electron chi connectivity index (χ3n) is 3.49. The van der Waals surface area contributed by atoms with Crippen molar-refractivity contribution in [2.45, 2.75) is 25.7 Å². The van der Waals surface area contributed by atoms with Crippen LogP contribution in [0.1, 0.15) is 25.7 Å². The van der Waals surface area contributed by atoms with Crippen LogP contribution in [-0.2, 0) is 0 Å². The molecule has 0 aromatic carbocycles. The minimum atomic E-state index is 0.701. The quantitative estimate of drug-likeness (QED) is 0.716. The molecule has 1 saturated carbocycles. The van der Waals surface area contributed by atoms with Gasteiger partial charge in [0.2, 0.25) is 0 Å². The monoisotopic (exact) mass is 249 g/mol. The molecular formula is C13H23N5. The molecule has 0 spiro atoms. The van der Waals surface area contributed by atoms with Gasteiger partial charge in [-0.25, -0.2) is 9.97 Å². The third-order valence-corrected chi connectivity index (χ3v) is 3.49. The molecule has 0 saturated heterocycles. The lowest BCUT2D eigenvalue weighted by Crippen LogP contribution is -2.29. The average Bonchev–Trinajstić information content (AvgIpc) is 2.34. The van der Waals surface area contributed by atoms with Crippen molar-refractivity contribution in [1.29, 1.82) is 0 Å². The summed E-state index contributed by atoms with van der Waals surface area (Å²) in [5.74, 6) is 2.72. The summed E-state index contributed by atoms with van der Waals surface area (Å²) < 4.78 is 0. The first-order valence-corrected chi connectivity index (χ1v) is 6.76. The predicted octanol–water partition coefficient (Wildman–Crippen LogP) is 1.47. The molecule has 5 heteroatoms. The van der Waals surface area contributed by atoms with E-state index in [4.69, 9.17) is 5.73 Å². The maximum atomic E-state index is 5.47. The third kappa shape index (κ3) is 3.57. The molecule has 1 aliphatic carbocycles. The molecule has 1 aromatic rings. The van der Waals surface area contributed by atoms with Crippen LogP contribution in [0.2, 0.25) is 0 Å². The van der Waals surface area contributed by atoms with E-state index >= 15 is 0 Å². The van der Waals surface area contributed by atoms with Gasteiger partial charge in [-0.3, -0.25) is 0 Å². The van der Waals surface area contributed by atoms with Gasteiger partial charge in [0.05, 0.1) is 0 Å². The summed E-state index contributed by atoms with van der Waals surface area (Å²) in [5.41, 5.74) is 5.47. The van der Waals surface area contributed by atoms with Crippen LogP contribution in [0.25, 0.3) is 0 Å². The van der Waals surface area contributed by atoms with Gasteiger partial charge in [0, 0.05) is 26.2 Å². The summed E-state index contributed by atoms with van der Waals surface area (Å²) in [7, 11) is 2.10. The van der Waals surface area contributed by atoms with E-state index in [2.05, 4.69) is 27.2 Å². The number of nitrogens with zero attached hydrogens (tertiary/aromatic N) is 3. The van der Waals surface area contributed by atoms with E-state index < -0.39 is 0 Å².